The zero-order valence-electron chi connectivity index (χ0n) is 11.4. The van der Waals surface area contributed by atoms with Gasteiger partial charge in [-0.05, 0) is 42.3 Å². The zero-order chi connectivity index (χ0) is 15.5. The van der Waals surface area contributed by atoms with Crippen LogP contribution in [0.2, 0.25) is 0 Å². The molecule has 110 valence electrons. The van der Waals surface area contributed by atoms with E-state index in [9.17, 15) is 13.2 Å². The SMILES string of the molecule is CCc1ccccc1NS(=O)(=O)c1ccc(C(=O)O)cc1. The summed E-state index contributed by atoms with van der Waals surface area (Å²) in [4.78, 5) is 10.8. The maximum Gasteiger partial charge on any atom is 0.335 e. The van der Waals surface area contributed by atoms with Gasteiger partial charge >= 0.3 is 5.97 Å². The van der Waals surface area contributed by atoms with Gasteiger partial charge in [0.1, 0.15) is 0 Å². The first-order valence-electron chi connectivity index (χ1n) is 6.38. The summed E-state index contributed by atoms with van der Waals surface area (Å²) in [5.74, 6) is -1.09. The van der Waals surface area contributed by atoms with Gasteiger partial charge in [-0.25, -0.2) is 13.2 Å². The molecule has 0 fully saturated rings. The van der Waals surface area contributed by atoms with Gasteiger partial charge in [-0.1, -0.05) is 25.1 Å². The number of anilines is 1. The van der Waals surface area contributed by atoms with Crippen molar-refractivity contribution in [2.75, 3.05) is 4.72 Å². The van der Waals surface area contributed by atoms with Crippen molar-refractivity contribution in [2.45, 2.75) is 18.2 Å². The number of hydrogen-bond acceptors (Lipinski definition) is 3. The van der Waals surface area contributed by atoms with Gasteiger partial charge in [-0.2, -0.15) is 0 Å². The number of benzene rings is 2. The van der Waals surface area contributed by atoms with Crippen molar-refractivity contribution in [2.24, 2.45) is 0 Å². The lowest BCUT2D eigenvalue weighted by Crippen LogP contribution is -2.14. The number of aromatic carboxylic acids is 1. The van der Waals surface area contributed by atoms with Gasteiger partial charge in [0.25, 0.3) is 10.0 Å². The van der Waals surface area contributed by atoms with E-state index in [0.717, 1.165) is 5.56 Å². The van der Waals surface area contributed by atoms with Crippen LogP contribution in [0.5, 0.6) is 0 Å². The predicted molar refractivity (Wildman–Crippen MR) is 80.0 cm³/mol. The molecule has 0 aromatic heterocycles. The third kappa shape index (κ3) is 3.41. The lowest BCUT2D eigenvalue weighted by molar-refractivity contribution is 0.0696. The van der Waals surface area contributed by atoms with Crippen molar-refractivity contribution in [3.05, 3.63) is 59.7 Å². The predicted octanol–water partition coefficient (Wildman–Crippen LogP) is 2.75. The highest BCUT2D eigenvalue weighted by atomic mass is 32.2. The Labute approximate surface area is 123 Å². The van der Waals surface area contributed by atoms with E-state index in [2.05, 4.69) is 4.72 Å². The van der Waals surface area contributed by atoms with E-state index in [1.165, 1.54) is 24.3 Å². The minimum atomic E-state index is -3.73. The lowest BCUT2D eigenvalue weighted by atomic mass is 10.1. The second kappa shape index (κ2) is 5.97. The van der Waals surface area contributed by atoms with Crippen molar-refractivity contribution < 1.29 is 18.3 Å². The molecule has 2 rings (SSSR count). The summed E-state index contributed by atoms with van der Waals surface area (Å²) in [6.07, 6.45) is 0.705. The Balaban J connectivity index is 2.32. The Morgan fingerprint density at radius 1 is 1.10 bits per heavy atom. The third-order valence-electron chi connectivity index (χ3n) is 3.05. The van der Waals surface area contributed by atoms with Crippen molar-refractivity contribution in [1.29, 1.82) is 0 Å². The molecule has 0 amide bonds. The van der Waals surface area contributed by atoms with Crippen LogP contribution in [0.3, 0.4) is 0 Å². The second-order valence-electron chi connectivity index (χ2n) is 4.45. The van der Waals surface area contributed by atoms with Crippen molar-refractivity contribution in [3.8, 4) is 0 Å². The van der Waals surface area contributed by atoms with E-state index < -0.39 is 16.0 Å². The molecule has 0 saturated carbocycles. The molecule has 0 saturated heterocycles. The van der Waals surface area contributed by atoms with Crippen LogP contribution < -0.4 is 4.72 Å². The fraction of sp³-hybridized carbons (Fsp3) is 0.133. The summed E-state index contributed by atoms with van der Waals surface area (Å²) < 4.78 is 27.1. The molecular formula is C15H15NO4S. The number of carboxylic acids is 1. The molecule has 2 aromatic carbocycles. The summed E-state index contributed by atoms with van der Waals surface area (Å²) in [6.45, 7) is 1.94. The van der Waals surface area contributed by atoms with Crippen LogP contribution in [-0.4, -0.2) is 19.5 Å². The molecular weight excluding hydrogens is 290 g/mol. The van der Waals surface area contributed by atoms with E-state index in [-0.39, 0.29) is 10.5 Å². The summed E-state index contributed by atoms with van der Waals surface area (Å²) >= 11 is 0. The Bertz CT molecular complexity index is 751. The van der Waals surface area contributed by atoms with Crippen LogP contribution >= 0.6 is 0 Å². The smallest absolute Gasteiger partial charge is 0.335 e. The number of rotatable bonds is 5. The highest BCUT2D eigenvalue weighted by molar-refractivity contribution is 7.92. The number of carbonyl (C=O) groups is 1. The van der Waals surface area contributed by atoms with E-state index in [0.29, 0.717) is 12.1 Å². The van der Waals surface area contributed by atoms with E-state index in [4.69, 9.17) is 5.11 Å². The van der Waals surface area contributed by atoms with Crippen molar-refractivity contribution in [1.82, 2.24) is 0 Å². The largest absolute Gasteiger partial charge is 0.478 e. The molecule has 2 aromatic rings. The first-order valence-corrected chi connectivity index (χ1v) is 7.86. The van der Waals surface area contributed by atoms with Gasteiger partial charge < -0.3 is 5.11 Å². The number of hydrogen-bond donors (Lipinski definition) is 2. The molecule has 0 radical (unpaired) electrons. The highest BCUT2D eigenvalue weighted by Gasteiger charge is 2.16. The number of sulfonamides is 1. The minimum Gasteiger partial charge on any atom is -0.478 e. The van der Waals surface area contributed by atoms with Crippen LogP contribution in [0.25, 0.3) is 0 Å². The van der Waals surface area contributed by atoms with Gasteiger partial charge in [-0.3, -0.25) is 4.72 Å². The normalized spacial score (nSPS) is 11.1. The van der Waals surface area contributed by atoms with E-state index in [1.807, 2.05) is 19.1 Å². The van der Waals surface area contributed by atoms with Gasteiger partial charge in [0, 0.05) is 0 Å². The highest BCUT2D eigenvalue weighted by Crippen LogP contribution is 2.20. The molecule has 0 aliphatic rings. The van der Waals surface area contributed by atoms with Gasteiger partial charge in [0.2, 0.25) is 0 Å². The first-order chi connectivity index (χ1) is 9.94. The molecule has 0 unspecified atom stereocenters. The molecule has 0 atom stereocenters. The molecule has 6 heteroatoms. The standard InChI is InChI=1S/C15H15NO4S/c1-2-11-5-3-4-6-14(11)16-21(19,20)13-9-7-12(8-10-13)15(17)18/h3-10,16H,2H2,1H3,(H,17,18). The average molecular weight is 305 g/mol. The molecule has 21 heavy (non-hydrogen) atoms. The molecule has 2 N–H and O–H groups in total. The first kappa shape index (κ1) is 15.1. The summed E-state index contributed by atoms with van der Waals surface area (Å²) in [5.41, 5.74) is 1.47. The Morgan fingerprint density at radius 2 is 1.71 bits per heavy atom. The Kier molecular flexibility index (Phi) is 4.28. The maximum absolute atomic E-state index is 12.3. The number of nitrogens with one attached hydrogen (secondary N) is 1. The van der Waals surface area contributed by atoms with Crippen LogP contribution in [0.4, 0.5) is 5.69 Å². The fourth-order valence-corrected chi connectivity index (χ4v) is 3.01. The van der Waals surface area contributed by atoms with Crippen LogP contribution in [0, 0.1) is 0 Å². The minimum absolute atomic E-state index is 0.0263. The van der Waals surface area contributed by atoms with Gasteiger partial charge in [-0.15, -0.1) is 0 Å². The summed E-state index contributed by atoms with van der Waals surface area (Å²) in [7, 11) is -3.73. The lowest BCUT2D eigenvalue weighted by Gasteiger charge is -2.11. The molecule has 5 nitrogen and oxygen atoms in total. The Hall–Kier alpha value is -2.34. The molecule has 0 aliphatic heterocycles. The average Bonchev–Trinajstić information content (AvgIpc) is 2.47. The number of carboxylic acid groups (broad SMARTS) is 1. The number of aryl methyl sites for hydroxylation is 1. The van der Waals surface area contributed by atoms with Crippen LogP contribution in [0.1, 0.15) is 22.8 Å². The third-order valence-corrected chi connectivity index (χ3v) is 4.44. The quantitative estimate of drug-likeness (QED) is 0.889. The maximum atomic E-state index is 12.3. The van der Waals surface area contributed by atoms with Crippen molar-refractivity contribution in [3.63, 3.8) is 0 Å². The van der Waals surface area contributed by atoms with Crippen LogP contribution in [-0.2, 0) is 16.4 Å². The Morgan fingerprint density at radius 3 is 2.29 bits per heavy atom. The molecule has 0 bridgehead atoms. The fourth-order valence-electron chi connectivity index (χ4n) is 1.91. The zero-order valence-corrected chi connectivity index (χ0v) is 12.2. The van der Waals surface area contributed by atoms with E-state index >= 15 is 0 Å². The molecule has 0 aliphatic carbocycles. The monoisotopic (exact) mass is 305 g/mol. The molecule has 0 heterocycles. The van der Waals surface area contributed by atoms with Crippen molar-refractivity contribution >= 4 is 21.7 Å². The topological polar surface area (TPSA) is 83.5 Å². The summed E-state index contributed by atoms with van der Waals surface area (Å²) in [5, 5.41) is 8.82. The van der Waals surface area contributed by atoms with E-state index in [1.54, 1.807) is 12.1 Å². The number of para-hydroxylation sites is 1. The van der Waals surface area contributed by atoms with Gasteiger partial charge in [0.05, 0.1) is 16.1 Å². The van der Waals surface area contributed by atoms with Crippen LogP contribution in [0.15, 0.2) is 53.4 Å². The summed E-state index contributed by atoms with van der Waals surface area (Å²) in [6, 6.07) is 12.2. The molecule has 0 spiro atoms. The second-order valence-corrected chi connectivity index (χ2v) is 6.13. The van der Waals surface area contributed by atoms with Gasteiger partial charge in [0.15, 0.2) is 0 Å².